The largest absolute Gasteiger partial charge is 0.381 e. The summed E-state index contributed by atoms with van der Waals surface area (Å²) in [5, 5.41) is 15.5. The van der Waals surface area contributed by atoms with Crippen molar-refractivity contribution in [2.45, 2.75) is 32.4 Å². The van der Waals surface area contributed by atoms with Crippen LogP contribution in [0.3, 0.4) is 0 Å². The van der Waals surface area contributed by atoms with E-state index in [9.17, 15) is 5.11 Å². The quantitative estimate of drug-likeness (QED) is 0.921. The summed E-state index contributed by atoms with van der Waals surface area (Å²) < 4.78 is 1.85. The van der Waals surface area contributed by atoms with Crippen LogP contribution in [0.25, 0.3) is 0 Å². The molecule has 18 heavy (non-hydrogen) atoms. The maximum Gasteiger partial charge on any atom is 0.115 e. The van der Waals surface area contributed by atoms with Gasteiger partial charge in [0.05, 0.1) is 6.20 Å². The van der Waals surface area contributed by atoms with Crippen molar-refractivity contribution in [3.8, 4) is 0 Å². The zero-order chi connectivity index (χ0) is 13.2. The molecular weight excluding hydrogens is 248 g/mol. The van der Waals surface area contributed by atoms with Crippen LogP contribution in [-0.2, 0) is 12.1 Å². The first-order valence-electron chi connectivity index (χ1n) is 6.05. The molecule has 0 aliphatic rings. The van der Waals surface area contributed by atoms with Gasteiger partial charge in [-0.2, -0.15) is 5.10 Å². The molecule has 0 fully saturated rings. The topological polar surface area (TPSA) is 38.0 Å². The van der Waals surface area contributed by atoms with Gasteiger partial charge in [-0.05, 0) is 31.0 Å². The van der Waals surface area contributed by atoms with Gasteiger partial charge in [0.15, 0.2) is 0 Å². The third-order valence-electron chi connectivity index (χ3n) is 3.05. The van der Waals surface area contributed by atoms with Crippen LogP contribution < -0.4 is 0 Å². The molecule has 0 radical (unpaired) electrons. The second kappa shape index (κ2) is 5.12. The number of hydrogen-bond donors (Lipinski definition) is 1. The fourth-order valence-corrected chi connectivity index (χ4v) is 2.03. The summed E-state index contributed by atoms with van der Waals surface area (Å²) >= 11 is 5.86. The molecular formula is C14H17ClN2O. The minimum Gasteiger partial charge on any atom is -0.381 e. The Morgan fingerprint density at radius 3 is 2.56 bits per heavy atom. The fourth-order valence-electron chi connectivity index (χ4n) is 1.91. The molecule has 96 valence electrons. The number of aryl methyl sites for hydroxylation is 1. The molecule has 0 spiro atoms. The monoisotopic (exact) mass is 264 g/mol. The highest BCUT2D eigenvalue weighted by atomic mass is 35.5. The van der Waals surface area contributed by atoms with E-state index >= 15 is 0 Å². The van der Waals surface area contributed by atoms with E-state index in [4.69, 9.17) is 11.6 Å². The number of benzene rings is 1. The van der Waals surface area contributed by atoms with Crippen LogP contribution in [0.2, 0.25) is 5.02 Å². The van der Waals surface area contributed by atoms with E-state index in [1.807, 2.05) is 23.0 Å². The summed E-state index contributed by atoms with van der Waals surface area (Å²) in [5.74, 6) is 0. The highest BCUT2D eigenvalue weighted by Gasteiger charge is 2.27. The third-order valence-corrected chi connectivity index (χ3v) is 3.31. The number of halogens is 1. The van der Waals surface area contributed by atoms with Crippen molar-refractivity contribution in [3.63, 3.8) is 0 Å². The predicted molar refractivity (Wildman–Crippen MR) is 72.6 cm³/mol. The first kappa shape index (κ1) is 13.1. The Balaban J connectivity index is 2.31. The Morgan fingerprint density at radius 2 is 1.94 bits per heavy atom. The van der Waals surface area contributed by atoms with E-state index in [0.29, 0.717) is 5.02 Å². The van der Waals surface area contributed by atoms with E-state index in [-0.39, 0.29) is 0 Å². The zero-order valence-electron chi connectivity index (χ0n) is 10.6. The molecule has 2 rings (SSSR count). The predicted octanol–water partition coefficient (Wildman–Crippen LogP) is 3.20. The number of hydrogen-bond acceptors (Lipinski definition) is 2. The van der Waals surface area contributed by atoms with Gasteiger partial charge in [0.25, 0.3) is 0 Å². The first-order chi connectivity index (χ1) is 8.54. The van der Waals surface area contributed by atoms with Crippen LogP contribution in [0.4, 0.5) is 0 Å². The molecule has 1 aromatic heterocycles. The SMILES string of the molecule is CCCn1cc(C(C)(O)c2ccc(Cl)cc2)cn1. The highest BCUT2D eigenvalue weighted by Crippen LogP contribution is 2.29. The standard InChI is InChI=1S/C14H17ClN2O/c1-3-8-17-10-12(9-16-17)14(2,18)11-4-6-13(15)7-5-11/h4-7,9-10,18H,3,8H2,1-2H3. The van der Waals surface area contributed by atoms with Crippen LogP contribution in [-0.4, -0.2) is 14.9 Å². The number of rotatable bonds is 4. The summed E-state index contributed by atoms with van der Waals surface area (Å²) in [6.07, 6.45) is 4.62. The Morgan fingerprint density at radius 1 is 1.28 bits per heavy atom. The Bertz CT molecular complexity index is 517. The smallest absolute Gasteiger partial charge is 0.115 e. The molecule has 0 aliphatic heterocycles. The van der Waals surface area contributed by atoms with Gasteiger partial charge < -0.3 is 5.11 Å². The van der Waals surface area contributed by atoms with E-state index in [0.717, 1.165) is 24.1 Å². The third kappa shape index (κ3) is 2.57. The molecule has 0 saturated carbocycles. The zero-order valence-corrected chi connectivity index (χ0v) is 11.4. The van der Waals surface area contributed by atoms with Gasteiger partial charge in [0, 0.05) is 23.3 Å². The van der Waals surface area contributed by atoms with Crippen LogP contribution in [0, 0.1) is 0 Å². The molecule has 1 N–H and O–H groups in total. The minimum absolute atomic E-state index is 0.663. The summed E-state index contributed by atoms with van der Waals surface area (Å²) in [7, 11) is 0. The van der Waals surface area contributed by atoms with E-state index < -0.39 is 5.60 Å². The highest BCUT2D eigenvalue weighted by molar-refractivity contribution is 6.30. The van der Waals surface area contributed by atoms with E-state index in [1.165, 1.54) is 0 Å². The molecule has 1 atom stereocenters. The van der Waals surface area contributed by atoms with Crippen molar-refractivity contribution in [3.05, 3.63) is 52.8 Å². The molecule has 1 aromatic carbocycles. The lowest BCUT2D eigenvalue weighted by Gasteiger charge is -2.22. The van der Waals surface area contributed by atoms with Crippen molar-refractivity contribution >= 4 is 11.6 Å². The van der Waals surface area contributed by atoms with Gasteiger partial charge in [0.2, 0.25) is 0 Å². The number of aromatic nitrogens is 2. The van der Waals surface area contributed by atoms with E-state index in [2.05, 4.69) is 12.0 Å². The Kier molecular flexibility index (Phi) is 3.73. The lowest BCUT2D eigenvalue weighted by molar-refractivity contribution is 0.102. The molecule has 1 unspecified atom stereocenters. The maximum atomic E-state index is 10.6. The fraction of sp³-hybridized carbons (Fsp3) is 0.357. The Hall–Kier alpha value is -1.32. The van der Waals surface area contributed by atoms with Gasteiger partial charge in [-0.25, -0.2) is 0 Å². The molecule has 0 saturated heterocycles. The van der Waals surface area contributed by atoms with Crippen molar-refractivity contribution in [1.29, 1.82) is 0 Å². The minimum atomic E-state index is -1.05. The van der Waals surface area contributed by atoms with Crippen molar-refractivity contribution in [1.82, 2.24) is 9.78 Å². The van der Waals surface area contributed by atoms with Gasteiger partial charge in [-0.15, -0.1) is 0 Å². The van der Waals surface area contributed by atoms with Crippen molar-refractivity contribution < 1.29 is 5.11 Å². The van der Waals surface area contributed by atoms with Gasteiger partial charge >= 0.3 is 0 Å². The summed E-state index contributed by atoms with van der Waals surface area (Å²) in [4.78, 5) is 0. The molecule has 2 aromatic rings. The maximum absolute atomic E-state index is 10.6. The molecule has 0 bridgehead atoms. The lowest BCUT2D eigenvalue weighted by atomic mass is 9.90. The van der Waals surface area contributed by atoms with Crippen molar-refractivity contribution in [2.75, 3.05) is 0 Å². The van der Waals surface area contributed by atoms with Gasteiger partial charge in [0.1, 0.15) is 5.60 Å². The van der Waals surface area contributed by atoms with Crippen LogP contribution >= 0.6 is 11.6 Å². The van der Waals surface area contributed by atoms with E-state index in [1.54, 1.807) is 25.3 Å². The van der Waals surface area contributed by atoms with Crippen LogP contribution in [0.1, 0.15) is 31.4 Å². The Labute approximate surface area is 112 Å². The molecule has 1 heterocycles. The average Bonchev–Trinajstić information content (AvgIpc) is 2.79. The number of aliphatic hydroxyl groups is 1. The number of nitrogens with zero attached hydrogens (tertiary/aromatic N) is 2. The van der Waals surface area contributed by atoms with Gasteiger partial charge in [-0.3, -0.25) is 4.68 Å². The van der Waals surface area contributed by atoms with Crippen molar-refractivity contribution in [2.24, 2.45) is 0 Å². The molecule has 0 aliphatic carbocycles. The van der Waals surface area contributed by atoms with Crippen LogP contribution in [0.5, 0.6) is 0 Å². The normalized spacial score (nSPS) is 14.4. The summed E-state index contributed by atoms with van der Waals surface area (Å²) in [6.45, 7) is 4.72. The summed E-state index contributed by atoms with van der Waals surface area (Å²) in [5.41, 5.74) is 0.553. The molecule has 4 heteroatoms. The molecule has 0 amide bonds. The van der Waals surface area contributed by atoms with Crippen LogP contribution in [0.15, 0.2) is 36.7 Å². The average molecular weight is 265 g/mol. The molecule has 3 nitrogen and oxygen atoms in total. The van der Waals surface area contributed by atoms with Gasteiger partial charge in [-0.1, -0.05) is 30.7 Å². The summed E-state index contributed by atoms with van der Waals surface area (Å²) in [6, 6.07) is 7.22. The lowest BCUT2D eigenvalue weighted by Crippen LogP contribution is -2.22. The first-order valence-corrected chi connectivity index (χ1v) is 6.43. The second-order valence-electron chi connectivity index (χ2n) is 4.57. The second-order valence-corrected chi connectivity index (χ2v) is 5.01.